The first-order chi connectivity index (χ1) is 7.81. The van der Waals surface area contributed by atoms with Crippen LogP contribution < -0.4 is 5.73 Å². The minimum Gasteiger partial charge on any atom is -0.469 e. The monoisotopic (exact) mass is 216 g/mol. The van der Waals surface area contributed by atoms with Gasteiger partial charge in [0, 0.05) is 30.4 Å². The SMILES string of the molecule is CCc1occc1C(N)Cc1ccncc1. The normalized spacial score (nSPS) is 12.6. The summed E-state index contributed by atoms with van der Waals surface area (Å²) in [7, 11) is 0. The molecule has 2 N–H and O–H groups in total. The fourth-order valence-electron chi connectivity index (χ4n) is 1.85. The lowest BCUT2D eigenvalue weighted by Gasteiger charge is -2.11. The molecule has 2 rings (SSSR count). The Morgan fingerprint density at radius 3 is 2.75 bits per heavy atom. The van der Waals surface area contributed by atoms with Gasteiger partial charge in [-0.1, -0.05) is 6.92 Å². The summed E-state index contributed by atoms with van der Waals surface area (Å²) in [6.07, 6.45) is 6.98. The summed E-state index contributed by atoms with van der Waals surface area (Å²) >= 11 is 0. The summed E-state index contributed by atoms with van der Waals surface area (Å²) < 4.78 is 5.38. The molecule has 0 amide bonds. The second kappa shape index (κ2) is 4.94. The van der Waals surface area contributed by atoms with Crippen LogP contribution in [0.5, 0.6) is 0 Å². The Hall–Kier alpha value is -1.61. The first-order valence-corrected chi connectivity index (χ1v) is 5.52. The highest BCUT2D eigenvalue weighted by atomic mass is 16.3. The molecular formula is C13H16N2O. The molecule has 0 aliphatic heterocycles. The van der Waals surface area contributed by atoms with E-state index < -0.39 is 0 Å². The predicted octanol–water partition coefficient (Wildman–Crippen LogP) is 2.48. The van der Waals surface area contributed by atoms with E-state index in [2.05, 4.69) is 11.9 Å². The number of rotatable bonds is 4. The number of furan rings is 1. The molecule has 0 aromatic carbocycles. The van der Waals surface area contributed by atoms with Crippen molar-refractivity contribution in [1.82, 2.24) is 4.98 Å². The zero-order valence-electron chi connectivity index (χ0n) is 9.39. The summed E-state index contributed by atoms with van der Waals surface area (Å²) in [5, 5.41) is 0. The molecule has 0 saturated heterocycles. The molecule has 2 aromatic heterocycles. The third-order valence-corrected chi connectivity index (χ3v) is 2.71. The topological polar surface area (TPSA) is 52.0 Å². The molecule has 2 heterocycles. The lowest BCUT2D eigenvalue weighted by atomic mass is 10.00. The van der Waals surface area contributed by atoms with Crippen molar-refractivity contribution < 1.29 is 4.42 Å². The molecule has 3 heteroatoms. The Bertz CT molecular complexity index is 436. The summed E-state index contributed by atoms with van der Waals surface area (Å²) in [4.78, 5) is 3.99. The summed E-state index contributed by atoms with van der Waals surface area (Å²) in [5.74, 6) is 0.988. The predicted molar refractivity (Wildman–Crippen MR) is 63.0 cm³/mol. The average Bonchev–Trinajstić information content (AvgIpc) is 2.78. The number of pyridine rings is 1. The Labute approximate surface area is 95.3 Å². The number of hydrogen-bond acceptors (Lipinski definition) is 3. The fourth-order valence-corrected chi connectivity index (χ4v) is 1.85. The molecule has 0 aliphatic carbocycles. The number of hydrogen-bond donors (Lipinski definition) is 1. The molecule has 16 heavy (non-hydrogen) atoms. The highest BCUT2D eigenvalue weighted by Gasteiger charge is 2.13. The minimum atomic E-state index is -0.00361. The number of aromatic nitrogens is 1. The molecule has 84 valence electrons. The Kier molecular flexibility index (Phi) is 3.37. The summed E-state index contributed by atoms with van der Waals surface area (Å²) in [5.41, 5.74) is 8.48. The van der Waals surface area contributed by atoms with Crippen LogP contribution in [-0.2, 0) is 12.8 Å². The average molecular weight is 216 g/mol. The molecule has 3 nitrogen and oxygen atoms in total. The number of nitrogens with two attached hydrogens (primary N) is 1. The maximum absolute atomic E-state index is 6.17. The van der Waals surface area contributed by atoms with E-state index in [4.69, 9.17) is 10.2 Å². The van der Waals surface area contributed by atoms with Gasteiger partial charge in [-0.3, -0.25) is 4.98 Å². The second-order valence-corrected chi connectivity index (χ2v) is 3.82. The smallest absolute Gasteiger partial charge is 0.108 e. The van der Waals surface area contributed by atoms with E-state index in [1.165, 1.54) is 5.56 Å². The lowest BCUT2D eigenvalue weighted by Crippen LogP contribution is -2.14. The van der Waals surface area contributed by atoms with Crippen molar-refractivity contribution in [3.8, 4) is 0 Å². The van der Waals surface area contributed by atoms with Gasteiger partial charge in [0.25, 0.3) is 0 Å². The van der Waals surface area contributed by atoms with Crippen LogP contribution in [0.15, 0.2) is 41.3 Å². The van der Waals surface area contributed by atoms with E-state index in [1.807, 2.05) is 18.2 Å². The first kappa shape index (κ1) is 10.9. The maximum atomic E-state index is 6.17. The first-order valence-electron chi connectivity index (χ1n) is 5.52. The summed E-state index contributed by atoms with van der Waals surface area (Å²) in [6, 6.07) is 5.94. The van der Waals surface area contributed by atoms with Crippen LogP contribution in [-0.4, -0.2) is 4.98 Å². The van der Waals surface area contributed by atoms with Gasteiger partial charge < -0.3 is 10.2 Å². The van der Waals surface area contributed by atoms with E-state index in [1.54, 1.807) is 18.7 Å². The highest BCUT2D eigenvalue weighted by molar-refractivity contribution is 5.24. The van der Waals surface area contributed by atoms with E-state index in [9.17, 15) is 0 Å². The second-order valence-electron chi connectivity index (χ2n) is 3.82. The van der Waals surface area contributed by atoms with Crippen molar-refractivity contribution in [1.29, 1.82) is 0 Å². The largest absolute Gasteiger partial charge is 0.469 e. The minimum absolute atomic E-state index is 0.00361. The molecule has 0 saturated carbocycles. The van der Waals surface area contributed by atoms with Crippen molar-refractivity contribution in [2.75, 3.05) is 0 Å². The van der Waals surface area contributed by atoms with E-state index in [0.717, 1.165) is 24.2 Å². The van der Waals surface area contributed by atoms with Crippen LogP contribution in [0.2, 0.25) is 0 Å². The quantitative estimate of drug-likeness (QED) is 0.854. The van der Waals surface area contributed by atoms with Crippen LogP contribution in [0.25, 0.3) is 0 Å². The molecule has 1 atom stereocenters. The zero-order valence-corrected chi connectivity index (χ0v) is 9.39. The van der Waals surface area contributed by atoms with Crippen molar-refractivity contribution in [3.05, 3.63) is 53.7 Å². The van der Waals surface area contributed by atoms with Crippen molar-refractivity contribution in [2.45, 2.75) is 25.8 Å². The third-order valence-electron chi connectivity index (χ3n) is 2.71. The van der Waals surface area contributed by atoms with E-state index in [0.29, 0.717) is 0 Å². The Morgan fingerprint density at radius 1 is 1.31 bits per heavy atom. The number of nitrogens with zero attached hydrogens (tertiary/aromatic N) is 1. The fraction of sp³-hybridized carbons (Fsp3) is 0.308. The van der Waals surface area contributed by atoms with Crippen LogP contribution in [0.3, 0.4) is 0 Å². The van der Waals surface area contributed by atoms with Gasteiger partial charge in [-0.05, 0) is 30.2 Å². The maximum Gasteiger partial charge on any atom is 0.108 e. The molecule has 0 fully saturated rings. The van der Waals surface area contributed by atoms with Gasteiger partial charge in [-0.25, -0.2) is 0 Å². The molecule has 2 aromatic rings. The van der Waals surface area contributed by atoms with Gasteiger partial charge in [-0.15, -0.1) is 0 Å². The van der Waals surface area contributed by atoms with Crippen LogP contribution in [0.4, 0.5) is 0 Å². The van der Waals surface area contributed by atoms with E-state index in [-0.39, 0.29) is 6.04 Å². The molecule has 0 bridgehead atoms. The van der Waals surface area contributed by atoms with E-state index >= 15 is 0 Å². The van der Waals surface area contributed by atoms with Crippen LogP contribution in [0, 0.1) is 0 Å². The Morgan fingerprint density at radius 2 is 2.06 bits per heavy atom. The van der Waals surface area contributed by atoms with Gasteiger partial charge in [-0.2, -0.15) is 0 Å². The lowest BCUT2D eigenvalue weighted by molar-refractivity contribution is 0.505. The van der Waals surface area contributed by atoms with Crippen molar-refractivity contribution >= 4 is 0 Å². The molecule has 0 radical (unpaired) electrons. The molecule has 1 unspecified atom stereocenters. The van der Waals surface area contributed by atoms with Gasteiger partial charge in [0.15, 0.2) is 0 Å². The van der Waals surface area contributed by atoms with Crippen LogP contribution in [0.1, 0.15) is 29.9 Å². The van der Waals surface area contributed by atoms with Gasteiger partial charge >= 0.3 is 0 Å². The van der Waals surface area contributed by atoms with Gasteiger partial charge in [0.05, 0.1) is 6.26 Å². The third kappa shape index (κ3) is 2.31. The standard InChI is InChI=1S/C13H16N2O/c1-2-13-11(5-8-16-13)12(14)9-10-3-6-15-7-4-10/h3-8,12H,2,9,14H2,1H3. The molecule has 0 aliphatic rings. The summed E-state index contributed by atoms with van der Waals surface area (Å²) in [6.45, 7) is 2.07. The molecule has 0 spiro atoms. The van der Waals surface area contributed by atoms with Gasteiger partial charge in [0.2, 0.25) is 0 Å². The van der Waals surface area contributed by atoms with Crippen molar-refractivity contribution in [3.63, 3.8) is 0 Å². The Balaban J connectivity index is 2.11. The molecular weight excluding hydrogens is 200 g/mol. The van der Waals surface area contributed by atoms with Gasteiger partial charge in [0.1, 0.15) is 5.76 Å². The van der Waals surface area contributed by atoms with Crippen molar-refractivity contribution in [2.24, 2.45) is 5.73 Å². The number of aryl methyl sites for hydroxylation is 1. The zero-order chi connectivity index (χ0) is 11.4. The highest BCUT2D eigenvalue weighted by Crippen LogP contribution is 2.21. The van der Waals surface area contributed by atoms with Crippen LogP contribution >= 0.6 is 0 Å².